The number of hydrogen-bond donors (Lipinski definition) is 1. The van der Waals surface area contributed by atoms with Crippen molar-refractivity contribution < 1.29 is 19.1 Å². The highest BCUT2D eigenvalue weighted by atomic mass is 16.5. The van der Waals surface area contributed by atoms with Crippen LogP contribution >= 0.6 is 0 Å². The first-order valence-corrected chi connectivity index (χ1v) is 5.25. The zero-order chi connectivity index (χ0) is 12.1. The number of carbonyl (C=O) groups is 2. The summed E-state index contributed by atoms with van der Waals surface area (Å²) in [5, 5.41) is 0. The second-order valence-corrected chi connectivity index (χ2v) is 3.91. The summed E-state index contributed by atoms with van der Waals surface area (Å²) in [6, 6.07) is -0.444. The average Bonchev–Trinajstić information content (AvgIpc) is 2.28. The molecule has 1 amide bonds. The molecule has 2 atom stereocenters. The number of amides is 1. The third-order valence-corrected chi connectivity index (χ3v) is 2.68. The fraction of sp³-hybridized carbons (Fsp3) is 0.800. The molecule has 0 saturated carbocycles. The Bertz CT molecular complexity index is 270. The summed E-state index contributed by atoms with van der Waals surface area (Å²) in [7, 11) is 1.35. The number of primary amides is 1. The molecule has 0 aliphatic carbocycles. The molecular weight excluding hydrogens is 212 g/mol. The molecule has 0 bridgehead atoms. The Hall–Kier alpha value is -1.14. The van der Waals surface area contributed by atoms with Crippen LogP contribution in [0.25, 0.3) is 0 Å². The molecule has 0 radical (unpaired) electrons. The summed E-state index contributed by atoms with van der Waals surface area (Å²) >= 11 is 0. The highest BCUT2D eigenvalue weighted by Gasteiger charge is 2.30. The first kappa shape index (κ1) is 12.9. The van der Waals surface area contributed by atoms with E-state index < -0.39 is 11.9 Å². The average molecular weight is 230 g/mol. The number of rotatable bonds is 4. The fourth-order valence-electron chi connectivity index (χ4n) is 1.75. The summed E-state index contributed by atoms with van der Waals surface area (Å²) in [6.07, 6.45) is 0. The molecule has 0 spiro atoms. The van der Waals surface area contributed by atoms with Crippen molar-refractivity contribution in [2.45, 2.75) is 13.0 Å². The van der Waals surface area contributed by atoms with Crippen LogP contribution in [0.1, 0.15) is 6.92 Å². The minimum Gasteiger partial charge on any atom is -0.469 e. The maximum Gasteiger partial charge on any atom is 0.309 e. The van der Waals surface area contributed by atoms with Gasteiger partial charge in [0.15, 0.2) is 0 Å². The van der Waals surface area contributed by atoms with Gasteiger partial charge in [-0.3, -0.25) is 14.5 Å². The van der Waals surface area contributed by atoms with Gasteiger partial charge < -0.3 is 15.2 Å². The summed E-state index contributed by atoms with van der Waals surface area (Å²) in [6.45, 7) is 3.68. The maximum atomic E-state index is 11.3. The van der Waals surface area contributed by atoms with E-state index in [1.54, 1.807) is 6.92 Å². The van der Waals surface area contributed by atoms with E-state index in [9.17, 15) is 9.59 Å². The molecule has 2 N–H and O–H groups in total. The van der Waals surface area contributed by atoms with Crippen molar-refractivity contribution >= 4 is 11.9 Å². The number of carbonyl (C=O) groups excluding carboxylic acids is 2. The van der Waals surface area contributed by atoms with Gasteiger partial charge in [-0.05, 0) is 0 Å². The lowest BCUT2D eigenvalue weighted by Crippen LogP contribution is -2.54. The van der Waals surface area contributed by atoms with Crippen LogP contribution < -0.4 is 5.73 Å². The van der Waals surface area contributed by atoms with Crippen LogP contribution in [0.5, 0.6) is 0 Å². The molecule has 92 valence electrons. The Balaban J connectivity index is 2.55. The Morgan fingerprint density at radius 3 is 2.88 bits per heavy atom. The van der Waals surface area contributed by atoms with Crippen LogP contribution in [0.4, 0.5) is 0 Å². The predicted molar refractivity (Wildman–Crippen MR) is 56.6 cm³/mol. The Morgan fingerprint density at radius 1 is 1.62 bits per heavy atom. The number of hydrogen-bond acceptors (Lipinski definition) is 5. The van der Waals surface area contributed by atoms with Gasteiger partial charge in [-0.1, -0.05) is 6.92 Å². The zero-order valence-corrected chi connectivity index (χ0v) is 9.64. The number of nitrogens with zero attached hydrogens (tertiary/aromatic N) is 1. The Labute approximate surface area is 94.7 Å². The topological polar surface area (TPSA) is 81.9 Å². The molecule has 0 aromatic carbocycles. The van der Waals surface area contributed by atoms with Crippen molar-refractivity contribution in [2.24, 2.45) is 11.7 Å². The fourth-order valence-corrected chi connectivity index (χ4v) is 1.75. The highest BCUT2D eigenvalue weighted by molar-refractivity contribution is 5.80. The Kier molecular flexibility index (Phi) is 4.70. The van der Waals surface area contributed by atoms with Crippen LogP contribution in [-0.2, 0) is 19.1 Å². The molecule has 6 nitrogen and oxygen atoms in total. The van der Waals surface area contributed by atoms with Gasteiger partial charge in [-0.2, -0.15) is 0 Å². The molecule has 1 rings (SSSR count). The number of ether oxygens (including phenoxy) is 2. The monoisotopic (exact) mass is 230 g/mol. The lowest BCUT2D eigenvalue weighted by atomic mass is 10.1. The first-order valence-electron chi connectivity index (χ1n) is 5.25. The van der Waals surface area contributed by atoms with Crippen molar-refractivity contribution in [1.82, 2.24) is 4.90 Å². The molecule has 0 aromatic heterocycles. The Morgan fingerprint density at radius 2 is 2.31 bits per heavy atom. The molecule has 6 heteroatoms. The van der Waals surface area contributed by atoms with Gasteiger partial charge in [0.2, 0.25) is 5.91 Å². The van der Waals surface area contributed by atoms with Crippen LogP contribution in [0, 0.1) is 5.92 Å². The van der Waals surface area contributed by atoms with E-state index in [1.807, 2.05) is 4.90 Å². The zero-order valence-electron chi connectivity index (χ0n) is 9.64. The second kappa shape index (κ2) is 5.81. The molecule has 0 aromatic rings. The summed E-state index contributed by atoms with van der Waals surface area (Å²) in [5.41, 5.74) is 5.27. The predicted octanol–water partition coefficient (Wildman–Crippen LogP) is -1.02. The molecule has 1 saturated heterocycles. The quantitative estimate of drug-likeness (QED) is 0.625. The van der Waals surface area contributed by atoms with Crippen LogP contribution in [0.15, 0.2) is 0 Å². The van der Waals surface area contributed by atoms with Crippen LogP contribution in [0.2, 0.25) is 0 Å². The number of morpholine rings is 1. The van der Waals surface area contributed by atoms with Crippen molar-refractivity contribution in [3.05, 3.63) is 0 Å². The second-order valence-electron chi connectivity index (χ2n) is 3.91. The minimum absolute atomic E-state index is 0.273. The van der Waals surface area contributed by atoms with E-state index in [2.05, 4.69) is 4.74 Å². The van der Waals surface area contributed by atoms with E-state index in [1.165, 1.54) is 7.11 Å². The normalized spacial score (nSPS) is 23.8. The van der Waals surface area contributed by atoms with Crippen molar-refractivity contribution in [1.29, 1.82) is 0 Å². The smallest absolute Gasteiger partial charge is 0.309 e. The number of methoxy groups -OCH3 is 1. The van der Waals surface area contributed by atoms with Gasteiger partial charge in [0, 0.05) is 13.1 Å². The van der Waals surface area contributed by atoms with Gasteiger partial charge in [0.05, 0.1) is 26.2 Å². The lowest BCUT2D eigenvalue weighted by Gasteiger charge is -2.34. The van der Waals surface area contributed by atoms with Crippen LogP contribution in [0.3, 0.4) is 0 Å². The van der Waals surface area contributed by atoms with Crippen LogP contribution in [-0.4, -0.2) is 56.2 Å². The summed E-state index contributed by atoms with van der Waals surface area (Å²) in [4.78, 5) is 24.3. The molecule has 1 aliphatic rings. The van der Waals surface area contributed by atoms with Gasteiger partial charge in [-0.15, -0.1) is 0 Å². The maximum absolute atomic E-state index is 11.3. The standard InChI is InChI=1S/C10H18N2O4/c1-7(10(14)15-2)5-12-3-4-16-6-8(12)9(11)13/h7-8H,3-6H2,1-2H3,(H2,11,13). The minimum atomic E-state index is -0.444. The third-order valence-electron chi connectivity index (χ3n) is 2.68. The first-order chi connectivity index (χ1) is 7.56. The summed E-state index contributed by atoms with van der Waals surface area (Å²) < 4.78 is 9.82. The van der Waals surface area contributed by atoms with Gasteiger partial charge in [0.25, 0.3) is 0 Å². The van der Waals surface area contributed by atoms with Gasteiger partial charge in [0.1, 0.15) is 6.04 Å². The third kappa shape index (κ3) is 3.18. The van der Waals surface area contributed by atoms with E-state index in [0.29, 0.717) is 26.3 Å². The largest absolute Gasteiger partial charge is 0.469 e. The molecular formula is C10H18N2O4. The van der Waals surface area contributed by atoms with Crippen molar-refractivity contribution in [3.8, 4) is 0 Å². The molecule has 1 aliphatic heterocycles. The van der Waals surface area contributed by atoms with Gasteiger partial charge in [-0.25, -0.2) is 0 Å². The van der Waals surface area contributed by atoms with E-state index >= 15 is 0 Å². The van der Waals surface area contributed by atoms with Gasteiger partial charge >= 0.3 is 5.97 Å². The van der Waals surface area contributed by atoms with Crippen molar-refractivity contribution in [2.75, 3.05) is 33.4 Å². The van der Waals surface area contributed by atoms with E-state index in [0.717, 1.165) is 0 Å². The SMILES string of the molecule is COC(=O)C(C)CN1CCOCC1C(N)=O. The highest BCUT2D eigenvalue weighted by Crippen LogP contribution is 2.10. The van der Waals surface area contributed by atoms with E-state index in [4.69, 9.17) is 10.5 Å². The molecule has 1 fully saturated rings. The lowest BCUT2D eigenvalue weighted by molar-refractivity contribution is -0.147. The molecule has 16 heavy (non-hydrogen) atoms. The summed E-state index contributed by atoms with van der Waals surface area (Å²) in [5.74, 6) is -0.976. The molecule has 1 heterocycles. The number of nitrogens with two attached hydrogens (primary N) is 1. The molecule has 2 unspecified atom stereocenters. The van der Waals surface area contributed by atoms with E-state index in [-0.39, 0.29) is 11.9 Å². The number of esters is 1. The van der Waals surface area contributed by atoms with Crippen molar-refractivity contribution in [3.63, 3.8) is 0 Å².